The molecule has 3 atom stereocenters. The van der Waals surface area contributed by atoms with Crippen LogP contribution in [-0.2, 0) is 4.74 Å². The van der Waals surface area contributed by atoms with Gasteiger partial charge >= 0.3 is 0 Å². The van der Waals surface area contributed by atoms with Gasteiger partial charge in [0.15, 0.2) is 0 Å². The summed E-state index contributed by atoms with van der Waals surface area (Å²) in [4.78, 5) is 0. The predicted molar refractivity (Wildman–Crippen MR) is 65.1 cm³/mol. The molecule has 0 aromatic heterocycles. The molecular formula is C13H27NO. The van der Waals surface area contributed by atoms with Gasteiger partial charge in [0.25, 0.3) is 0 Å². The Hall–Kier alpha value is -0.0800. The van der Waals surface area contributed by atoms with Crippen molar-refractivity contribution in [3.05, 3.63) is 0 Å². The van der Waals surface area contributed by atoms with Gasteiger partial charge in [0.2, 0.25) is 0 Å². The zero-order valence-corrected chi connectivity index (χ0v) is 10.6. The van der Waals surface area contributed by atoms with Crippen molar-refractivity contribution in [1.29, 1.82) is 0 Å². The first-order valence-corrected chi connectivity index (χ1v) is 6.57. The summed E-state index contributed by atoms with van der Waals surface area (Å²) >= 11 is 0. The Bertz CT molecular complexity index is 159. The van der Waals surface area contributed by atoms with E-state index in [1.54, 1.807) is 0 Å². The van der Waals surface area contributed by atoms with E-state index < -0.39 is 0 Å². The lowest BCUT2D eigenvalue weighted by Crippen LogP contribution is -2.30. The van der Waals surface area contributed by atoms with E-state index in [0.717, 1.165) is 25.0 Å². The van der Waals surface area contributed by atoms with Crippen LogP contribution in [-0.4, -0.2) is 26.3 Å². The summed E-state index contributed by atoms with van der Waals surface area (Å²) in [6, 6.07) is 0. The van der Waals surface area contributed by atoms with Gasteiger partial charge in [-0.25, -0.2) is 0 Å². The second-order valence-electron chi connectivity index (χ2n) is 4.75. The summed E-state index contributed by atoms with van der Waals surface area (Å²) in [5.41, 5.74) is 0. The van der Waals surface area contributed by atoms with Crippen molar-refractivity contribution >= 4 is 0 Å². The van der Waals surface area contributed by atoms with E-state index in [-0.39, 0.29) is 0 Å². The van der Waals surface area contributed by atoms with Crippen molar-refractivity contribution in [3.8, 4) is 0 Å². The molecule has 2 heteroatoms. The molecule has 0 aromatic rings. The van der Waals surface area contributed by atoms with Gasteiger partial charge in [-0.15, -0.1) is 0 Å². The third-order valence-electron chi connectivity index (χ3n) is 3.85. The van der Waals surface area contributed by atoms with Crippen LogP contribution in [0.3, 0.4) is 0 Å². The monoisotopic (exact) mass is 213 g/mol. The zero-order valence-electron chi connectivity index (χ0n) is 10.6. The van der Waals surface area contributed by atoms with E-state index >= 15 is 0 Å². The quantitative estimate of drug-likeness (QED) is 0.685. The molecular weight excluding hydrogens is 186 g/mol. The smallest absolute Gasteiger partial charge is 0.0594 e. The minimum atomic E-state index is 0.533. The van der Waals surface area contributed by atoms with E-state index in [4.69, 9.17) is 4.74 Å². The Labute approximate surface area is 94.8 Å². The van der Waals surface area contributed by atoms with Crippen LogP contribution in [0.15, 0.2) is 0 Å². The first-order chi connectivity index (χ1) is 7.31. The molecule has 1 fully saturated rings. The Morgan fingerprint density at radius 3 is 2.47 bits per heavy atom. The second-order valence-corrected chi connectivity index (χ2v) is 4.75. The van der Waals surface area contributed by atoms with Crippen molar-refractivity contribution in [2.45, 2.75) is 52.1 Å². The number of likely N-dealkylation sites (N-methyl/N-ethyl adjacent to an activating group) is 1. The van der Waals surface area contributed by atoms with Gasteiger partial charge in [-0.2, -0.15) is 0 Å². The standard InChI is InChI=1S/C13H27NO/c1-4-11-6-7-13(10-12(11)5-2)15-9-8-14-3/h11-14H,4-10H2,1-3H3. The van der Waals surface area contributed by atoms with Crippen molar-refractivity contribution in [1.82, 2.24) is 5.32 Å². The summed E-state index contributed by atoms with van der Waals surface area (Å²) in [7, 11) is 1.98. The fourth-order valence-corrected chi connectivity index (χ4v) is 2.80. The van der Waals surface area contributed by atoms with E-state index in [1.165, 1.54) is 32.1 Å². The van der Waals surface area contributed by atoms with Crippen molar-refractivity contribution in [2.75, 3.05) is 20.2 Å². The summed E-state index contributed by atoms with van der Waals surface area (Å²) in [5.74, 6) is 1.86. The molecule has 1 aliphatic carbocycles. The van der Waals surface area contributed by atoms with E-state index in [1.807, 2.05) is 7.05 Å². The lowest BCUT2D eigenvalue weighted by atomic mass is 9.75. The maximum absolute atomic E-state index is 5.89. The zero-order chi connectivity index (χ0) is 11.1. The van der Waals surface area contributed by atoms with Crippen LogP contribution in [0.1, 0.15) is 46.0 Å². The molecule has 0 saturated heterocycles. The van der Waals surface area contributed by atoms with Gasteiger partial charge in [0.05, 0.1) is 12.7 Å². The average Bonchev–Trinajstić information content (AvgIpc) is 2.29. The van der Waals surface area contributed by atoms with Crippen molar-refractivity contribution in [2.24, 2.45) is 11.8 Å². The normalized spacial score (nSPS) is 31.8. The Balaban J connectivity index is 2.26. The molecule has 0 amide bonds. The topological polar surface area (TPSA) is 21.3 Å². The third-order valence-corrected chi connectivity index (χ3v) is 3.85. The van der Waals surface area contributed by atoms with Gasteiger partial charge in [0, 0.05) is 6.54 Å². The molecule has 0 aliphatic heterocycles. The van der Waals surface area contributed by atoms with Crippen molar-refractivity contribution in [3.63, 3.8) is 0 Å². The van der Waals surface area contributed by atoms with Crippen molar-refractivity contribution < 1.29 is 4.74 Å². The Kier molecular flexibility index (Phi) is 6.26. The molecule has 0 bridgehead atoms. The average molecular weight is 213 g/mol. The molecule has 15 heavy (non-hydrogen) atoms. The van der Waals surface area contributed by atoms with E-state index in [9.17, 15) is 0 Å². The van der Waals surface area contributed by atoms with Crippen LogP contribution in [0.2, 0.25) is 0 Å². The van der Waals surface area contributed by atoms with E-state index in [2.05, 4.69) is 19.2 Å². The minimum absolute atomic E-state index is 0.533. The molecule has 2 nitrogen and oxygen atoms in total. The van der Waals surface area contributed by atoms with Crippen LogP contribution in [0.25, 0.3) is 0 Å². The summed E-state index contributed by atoms with van der Waals surface area (Å²) in [6.07, 6.45) is 7.15. The number of rotatable bonds is 6. The molecule has 1 N–H and O–H groups in total. The predicted octanol–water partition coefficient (Wildman–Crippen LogP) is 2.83. The maximum Gasteiger partial charge on any atom is 0.0594 e. The second kappa shape index (κ2) is 7.24. The van der Waals surface area contributed by atoms with Gasteiger partial charge in [-0.05, 0) is 38.1 Å². The summed E-state index contributed by atoms with van der Waals surface area (Å²) in [5, 5.41) is 3.13. The lowest BCUT2D eigenvalue weighted by molar-refractivity contribution is -0.00283. The fourth-order valence-electron chi connectivity index (χ4n) is 2.80. The Morgan fingerprint density at radius 2 is 1.87 bits per heavy atom. The highest BCUT2D eigenvalue weighted by Crippen LogP contribution is 2.35. The molecule has 0 aromatic carbocycles. The highest BCUT2D eigenvalue weighted by Gasteiger charge is 2.28. The highest BCUT2D eigenvalue weighted by atomic mass is 16.5. The highest BCUT2D eigenvalue weighted by molar-refractivity contribution is 4.79. The fraction of sp³-hybridized carbons (Fsp3) is 1.00. The van der Waals surface area contributed by atoms with Crippen LogP contribution < -0.4 is 5.32 Å². The molecule has 0 radical (unpaired) electrons. The molecule has 1 aliphatic rings. The number of nitrogens with one attached hydrogen (secondary N) is 1. The van der Waals surface area contributed by atoms with Gasteiger partial charge in [-0.3, -0.25) is 0 Å². The first-order valence-electron chi connectivity index (χ1n) is 6.57. The molecule has 1 saturated carbocycles. The molecule has 0 spiro atoms. The van der Waals surface area contributed by atoms with Crippen LogP contribution in [0, 0.1) is 11.8 Å². The molecule has 1 rings (SSSR count). The van der Waals surface area contributed by atoms with Crippen LogP contribution in [0.5, 0.6) is 0 Å². The Morgan fingerprint density at radius 1 is 1.13 bits per heavy atom. The van der Waals surface area contributed by atoms with Crippen LogP contribution >= 0.6 is 0 Å². The number of hydrogen-bond donors (Lipinski definition) is 1. The summed E-state index contributed by atoms with van der Waals surface area (Å²) < 4.78 is 5.89. The van der Waals surface area contributed by atoms with Crippen LogP contribution in [0.4, 0.5) is 0 Å². The summed E-state index contributed by atoms with van der Waals surface area (Å²) in [6.45, 7) is 6.50. The number of ether oxygens (including phenoxy) is 1. The van der Waals surface area contributed by atoms with E-state index in [0.29, 0.717) is 6.10 Å². The maximum atomic E-state index is 5.89. The largest absolute Gasteiger partial charge is 0.377 e. The lowest BCUT2D eigenvalue weighted by Gasteiger charge is -2.35. The molecule has 3 unspecified atom stereocenters. The molecule has 90 valence electrons. The first kappa shape index (κ1) is 13.0. The third kappa shape index (κ3) is 4.12. The minimum Gasteiger partial charge on any atom is -0.377 e. The SMILES string of the molecule is CCC1CCC(OCCNC)CC1CC. The molecule has 0 heterocycles. The van der Waals surface area contributed by atoms with Gasteiger partial charge in [-0.1, -0.05) is 26.7 Å². The number of hydrogen-bond acceptors (Lipinski definition) is 2. The van der Waals surface area contributed by atoms with Gasteiger partial charge < -0.3 is 10.1 Å². The van der Waals surface area contributed by atoms with Gasteiger partial charge in [0.1, 0.15) is 0 Å².